The molecule has 0 aromatic rings. The number of rotatable bonds is 7. The second-order valence-corrected chi connectivity index (χ2v) is 12.7. The van der Waals surface area contributed by atoms with Gasteiger partial charge in [-0.3, -0.25) is 9.59 Å². The maximum absolute atomic E-state index is 14.1. The molecule has 0 aromatic heterocycles. The van der Waals surface area contributed by atoms with Crippen molar-refractivity contribution in [2.45, 2.75) is 83.4 Å². The van der Waals surface area contributed by atoms with E-state index in [1.807, 2.05) is 13.0 Å². The predicted molar refractivity (Wildman–Crippen MR) is 144 cm³/mol. The number of aliphatic hydroxyl groups is 1. The van der Waals surface area contributed by atoms with E-state index in [1.165, 1.54) is 4.90 Å². The lowest BCUT2D eigenvalue weighted by Crippen LogP contribution is -2.63. The molecular formula is C29H41NO7S. The normalized spacial score (nSPS) is 43.0. The molecule has 0 radical (unpaired) electrons. The Labute approximate surface area is 230 Å². The van der Waals surface area contributed by atoms with E-state index in [4.69, 9.17) is 14.2 Å². The van der Waals surface area contributed by atoms with Crippen LogP contribution in [0, 0.1) is 28.6 Å². The van der Waals surface area contributed by atoms with Gasteiger partial charge in [0.25, 0.3) is 0 Å². The molecule has 1 unspecified atom stereocenters. The summed E-state index contributed by atoms with van der Waals surface area (Å²) in [6.07, 6.45) is 7.28. The summed E-state index contributed by atoms with van der Waals surface area (Å²) in [4.78, 5) is 40.1. The second kappa shape index (κ2) is 10.1. The number of amides is 1. The van der Waals surface area contributed by atoms with Gasteiger partial charge in [0.2, 0.25) is 5.78 Å². The summed E-state index contributed by atoms with van der Waals surface area (Å²) in [5, 5.41) is 11.8. The number of aliphatic hydroxyl groups excluding tert-OH is 1. The monoisotopic (exact) mass is 547 g/mol. The number of fused-ring (bicyclic) bond motifs is 7. The van der Waals surface area contributed by atoms with Crippen molar-refractivity contribution in [1.82, 2.24) is 4.90 Å². The van der Waals surface area contributed by atoms with E-state index in [-0.39, 0.29) is 29.3 Å². The van der Waals surface area contributed by atoms with E-state index < -0.39 is 47.6 Å². The minimum absolute atomic E-state index is 0.00402. The van der Waals surface area contributed by atoms with Crippen LogP contribution in [0.3, 0.4) is 0 Å². The van der Waals surface area contributed by atoms with Gasteiger partial charge in [0.1, 0.15) is 0 Å². The predicted octanol–water partition coefficient (Wildman–Crippen LogP) is 3.72. The SMILES string of the molecule is CCCC1O[C@@H]2C[C@H]3[C@@H]4CCC5=CC(=O)C=C[C@]5(C)[C@H]4[C@@H](O)C[C@]3(C)[C@]2(C(=O)COC(=O)N(C)CCS)O1. The number of hydrogen-bond acceptors (Lipinski definition) is 8. The maximum atomic E-state index is 14.1. The fourth-order valence-corrected chi connectivity index (χ4v) is 8.89. The van der Waals surface area contributed by atoms with Crippen molar-refractivity contribution in [2.24, 2.45) is 28.6 Å². The van der Waals surface area contributed by atoms with Crippen LogP contribution in [0.1, 0.15) is 59.3 Å². The van der Waals surface area contributed by atoms with Gasteiger partial charge in [-0.15, -0.1) is 0 Å². The molecule has 0 spiro atoms. The first-order chi connectivity index (χ1) is 18.0. The summed E-state index contributed by atoms with van der Waals surface area (Å²) < 4.78 is 18.4. The number of nitrogens with zero attached hydrogens (tertiary/aromatic N) is 1. The number of ether oxygens (including phenoxy) is 3. The van der Waals surface area contributed by atoms with E-state index in [2.05, 4.69) is 26.5 Å². The molecule has 3 saturated carbocycles. The molecular weight excluding hydrogens is 506 g/mol. The summed E-state index contributed by atoms with van der Waals surface area (Å²) in [5.41, 5.74) is -1.29. The third-order valence-corrected chi connectivity index (χ3v) is 10.5. The Balaban J connectivity index is 1.47. The molecule has 0 aromatic carbocycles. The topological polar surface area (TPSA) is 102 Å². The van der Waals surface area contributed by atoms with Gasteiger partial charge in [0, 0.05) is 36.1 Å². The highest BCUT2D eigenvalue weighted by Gasteiger charge is 2.75. The Bertz CT molecular complexity index is 1060. The number of allylic oxidation sites excluding steroid dienone is 4. The number of carbonyl (C=O) groups excluding carboxylic acids is 3. The minimum Gasteiger partial charge on any atom is -0.441 e. The van der Waals surface area contributed by atoms with Crippen molar-refractivity contribution in [3.8, 4) is 0 Å². The van der Waals surface area contributed by atoms with Gasteiger partial charge >= 0.3 is 6.09 Å². The van der Waals surface area contributed by atoms with E-state index >= 15 is 0 Å². The number of ketones is 2. The van der Waals surface area contributed by atoms with E-state index in [0.29, 0.717) is 31.6 Å². The van der Waals surface area contributed by atoms with Crippen LogP contribution >= 0.6 is 12.6 Å². The molecule has 9 heteroatoms. The summed E-state index contributed by atoms with van der Waals surface area (Å²) in [7, 11) is 1.61. The van der Waals surface area contributed by atoms with Crippen molar-refractivity contribution < 1.29 is 33.7 Å². The average molecular weight is 548 g/mol. The van der Waals surface area contributed by atoms with Gasteiger partial charge in [0.05, 0.1) is 12.2 Å². The van der Waals surface area contributed by atoms with Crippen LogP contribution in [-0.2, 0) is 23.8 Å². The highest BCUT2D eigenvalue weighted by atomic mass is 32.1. The maximum Gasteiger partial charge on any atom is 0.409 e. The highest BCUT2D eigenvalue weighted by Crippen LogP contribution is 2.69. The first-order valence-electron chi connectivity index (χ1n) is 14.0. The van der Waals surface area contributed by atoms with Crippen LogP contribution in [0.2, 0.25) is 0 Å². The molecule has 5 aliphatic rings. The molecule has 1 amide bonds. The molecule has 38 heavy (non-hydrogen) atoms. The standard InChI is InChI=1S/C29H41NO7S/c1-5-6-24-36-23-14-20-19-8-7-17-13-18(31)9-10-27(17,2)25(19)21(32)15-28(20,3)29(23,37-24)22(33)16-35-26(34)30(4)11-12-38/h9-10,13,19-21,23-25,32,38H,5-8,11-12,14-16H2,1-4H3/t19-,20-,21-,23+,24?,25+,27-,28-,29+/m0/s1. The van der Waals surface area contributed by atoms with Gasteiger partial charge in [-0.25, -0.2) is 4.79 Å². The minimum atomic E-state index is -1.29. The van der Waals surface area contributed by atoms with Crippen LogP contribution in [-0.4, -0.2) is 77.7 Å². The van der Waals surface area contributed by atoms with Gasteiger partial charge in [0.15, 0.2) is 24.3 Å². The summed E-state index contributed by atoms with van der Waals surface area (Å²) in [5.74, 6) is 0.356. The molecule has 1 saturated heterocycles. The van der Waals surface area contributed by atoms with Crippen molar-refractivity contribution >= 4 is 30.3 Å². The van der Waals surface area contributed by atoms with Gasteiger partial charge < -0.3 is 24.2 Å². The molecule has 8 nitrogen and oxygen atoms in total. The van der Waals surface area contributed by atoms with Crippen LogP contribution in [0.5, 0.6) is 0 Å². The highest BCUT2D eigenvalue weighted by molar-refractivity contribution is 7.80. The second-order valence-electron chi connectivity index (χ2n) is 12.3. The quantitative estimate of drug-likeness (QED) is 0.469. The average Bonchev–Trinajstić information content (AvgIpc) is 3.35. The van der Waals surface area contributed by atoms with Gasteiger partial charge in [-0.1, -0.05) is 38.8 Å². The summed E-state index contributed by atoms with van der Waals surface area (Å²) in [6.45, 7) is 6.24. The fourth-order valence-electron chi connectivity index (χ4n) is 8.59. The molecule has 1 heterocycles. The van der Waals surface area contributed by atoms with Crippen LogP contribution in [0.25, 0.3) is 0 Å². The van der Waals surface area contributed by atoms with Crippen LogP contribution in [0.4, 0.5) is 4.79 Å². The first-order valence-corrected chi connectivity index (χ1v) is 14.6. The first kappa shape index (κ1) is 27.9. The zero-order chi connectivity index (χ0) is 27.5. The Hall–Kier alpha value is -1.68. The zero-order valence-electron chi connectivity index (χ0n) is 22.9. The van der Waals surface area contributed by atoms with Crippen LogP contribution < -0.4 is 0 Å². The molecule has 0 bridgehead atoms. The lowest BCUT2D eigenvalue weighted by Gasteiger charge is -2.59. The largest absolute Gasteiger partial charge is 0.441 e. The lowest BCUT2D eigenvalue weighted by molar-refractivity contribution is -0.200. The number of thiol groups is 1. The molecule has 4 fully saturated rings. The van der Waals surface area contributed by atoms with Crippen molar-refractivity contribution in [2.75, 3.05) is 26.0 Å². The lowest BCUT2D eigenvalue weighted by atomic mass is 9.46. The smallest absolute Gasteiger partial charge is 0.409 e. The Morgan fingerprint density at radius 2 is 2.08 bits per heavy atom. The van der Waals surface area contributed by atoms with Gasteiger partial charge in [-0.05, 0) is 56.1 Å². The molecule has 210 valence electrons. The van der Waals surface area contributed by atoms with E-state index in [9.17, 15) is 19.5 Å². The molecule has 9 atom stereocenters. The Kier molecular flexibility index (Phi) is 7.38. The number of carbonyl (C=O) groups is 3. The van der Waals surface area contributed by atoms with Crippen molar-refractivity contribution in [3.63, 3.8) is 0 Å². The summed E-state index contributed by atoms with van der Waals surface area (Å²) >= 11 is 4.16. The van der Waals surface area contributed by atoms with E-state index in [0.717, 1.165) is 24.8 Å². The summed E-state index contributed by atoms with van der Waals surface area (Å²) in [6, 6.07) is 0. The van der Waals surface area contributed by atoms with Gasteiger partial charge in [-0.2, -0.15) is 12.6 Å². The molecule has 4 aliphatic carbocycles. The third kappa shape index (κ3) is 4.02. The molecule has 1 N–H and O–H groups in total. The van der Waals surface area contributed by atoms with Crippen molar-refractivity contribution in [3.05, 3.63) is 23.8 Å². The third-order valence-electron chi connectivity index (χ3n) is 10.3. The van der Waals surface area contributed by atoms with E-state index in [1.54, 1.807) is 19.2 Å². The molecule has 1 aliphatic heterocycles. The Morgan fingerprint density at radius 3 is 2.79 bits per heavy atom. The number of hydrogen-bond donors (Lipinski definition) is 2. The van der Waals surface area contributed by atoms with Crippen LogP contribution in [0.15, 0.2) is 23.8 Å². The fraction of sp³-hybridized carbons (Fsp3) is 0.759. The zero-order valence-corrected chi connectivity index (χ0v) is 23.7. The van der Waals surface area contributed by atoms with Crippen molar-refractivity contribution in [1.29, 1.82) is 0 Å². The Morgan fingerprint density at radius 1 is 1.32 bits per heavy atom. The molecule has 5 rings (SSSR count). The number of Topliss-reactive ketones (excluding diaryl/α,β-unsaturated/α-hetero) is 1.